The Morgan fingerprint density at radius 3 is 2.35 bits per heavy atom. The minimum absolute atomic E-state index is 0.0140. The first kappa shape index (κ1) is 23.5. The number of aromatic hydroxyl groups is 1. The molecule has 0 bridgehead atoms. The Labute approximate surface area is 195 Å². The molecule has 0 saturated carbocycles. The van der Waals surface area contributed by atoms with E-state index in [0.29, 0.717) is 11.3 Å². The van der Waals surface area contributed by atoms with Gasteiger partial charge < -0.3 is 19.7 Å². The zero-order valence-corrected chi connectivity index (χ0v) is 18.9. The monoisotopic (exact) mass is 487 g/mol. The molecule has 4 rings (SSSR count). The summed E-state index contributed by atoms with van der Waals surface area (Å²) in [5, 5.41) is 20.6. The molecule has 0 aliphatic carbocycles. The Morgan fingerprint density at radius 2 is 1.71 bits per heavy atom. The zero-order valence-electron chi connectivity index (χ0n) is 18.0. The molecule has 1 heterocycles. The van der Waals surface area contributed by atoms with Crippen molar-refractivity contribution < 1.29 is 37.3 Å². The smallest absolute Gasteiger partial charge is 0.415 e. The summed E-state index contributed by atoms with van der Waals surface area (Å²) in [7, 11) is -3.57. The number of nitrogens with zero attached hydrogens (tertiary/aromatic N) is 1. The first-order valence-electron chi connectivity index (χ1n) is 10.3. The molecule has 34 heavy (non-hydrogen) atoms. The van der Waals surface area contributed by atoms with Crippen LogP contribution in [-0.2, 0) is 14.6 Å². The summed E-state index contributed by atoms with van der Waals surface area (Å²) < 4.78 is 48.6. The normalized spacial score (nSPS) is 19.0. The molecule has 1 aliphatic rings. The van der Waals surface area contributed by atoms with Gasteiger partial charge in [-0.25, -0.2) is 17.6 Å². The van der Waals surface area contributed by atoms with Crippen LogP contribution in [0.4, 0.5) is 14.9 Å². The number of aliphatic hydroxyl groups excluding tert-OH is 1. The molecule has 3 aromatic rings. The molecule has 1 saturated heterocycles. The predicted octanol–water partition coefficient (Wildman–Crippen LogP) is 3.44. The molecule has 3 atom stereocenters. The molecule has 1 aliphatic heterocycles. The molecule has 0 aromatic heterocycles. The number of para-hydroxylation sites is 1. The lowest BCUT2D eigenvalue weighted by Gasteiger charge is -2.27. The van der Waals surface area contributed by atoms with Gasteiger partial charge in [0.15, 0.2) is 15.9 Å². The average molecular weight is 488 g/mol. The lowest BCUT2D eigenvalue weighted by Crippen LogP contribution is -2.38. The fraction of sp³-hybridized carbons (Fsp3) is 0.208. The molecule has 2 unspecified atom stereocenters. The summed E-state index contributed by atoms with van der Waals surface area (Å²) in [6, 6.07) is 16.4. The number of phenols is 1. The van der Waals surface area contributed by atoms with E-state index in [9.17, 15) is 27.8 Å². The predicted molar refractivity (Wildman–Crippen MR) is 121 cm³/mol. The quantitative estimate of drug-likeness (QED) is 0.525. The minimum atomic E-state index is -3.57. The van der Waals surface area contributed by atoms with Gasteiger partial charge in [-0.15, -0.1) is 0 Å². The van der Waals surface area contributed by atoms with Crippen LogP contribution in [0.15, 0.2) is 77.7 Å². The van der Waals surface area contributed by atoms with E-state index >= 15 is 0 Å². The molecule has 10 heteroatoms. The number of ether oxygens (including phenoxy) is 2. The Kier molecular flexibility index (Phi) is 6.45. The summed E-state index contributed by atoms with van der Waals surface area (Å²) >= 11 is 0. The summed E-state index contributed by atoms with van der Waals surface area (Å²) in [6.45, 7) is -0.365. The van der Waals surface area contributed by atoms with Gasteiger partial charge >= 0.3 is 6.09 Å². The van der Waals surface area contributed by atoms with Crippen LogP contribution in [0.1, 0.15) is 11.6 Å². The third-order valence-corrected chi connectivity index (χ3v) is 6.54. The van der Waals surface area contributed by atoms with Gasteiger partial charge in [0.1, 0.15) is 41.0 Å². The second-order valence-electron chi connectivity index (χ2n) is 7.83. The number of carbonyl (C=O) groups is 1. The van der Waals surface area contributed by atoms with Gasteiger partial charge in [0.05, 0.1) is 0 Å². The average Bonchev–Trinajstić information content (AvgIpc) is 3.15. The van der Waals surface area contributed by atoms with Gasteiger partial charge in [-0.3, -0.25) is 4.90 Å². The Balaban J connectivity index is 1.64. The number of rotatable bonds is 7. The first-order valence-corrected chi connectivity index (χ1v) is 12.2. The van der Waals surface area contributed by atoms with Crippen molar-refractivity contribution in [2.45, 2.75) is 23.1 Å². The number of amides is 1. The van der Waals surface area contributed by atoms with E-state index in [-0.39, 0.29) is 23.0 Å². The maximum Gasteiger partial charge on any atom is 0.415 e. The molecular formula is C24H22FNO7S. The summed E-state index contributed by atoms with van der Waals surface area (Å²) in [6.07, 6.45) is -2.16. The van der Waals surface area contributed by atoms with Gasteiger partial charge in [-0.2, -0.15) is 0 Å². The number of benzene rings is 3. The largest absolute Gasteiger partial charge is 0.508 e. The van der Waals surface area contributed by atoms with Crippen LogP contribution in [0.5, 0.6) is 11.5 Å². The number of hydrogen-bond acceptors (Lipinski definition) is 7. The molecule has 0 spiro atoms. The lowest BCUT2D eigenvalue weighted by atomic mass is 9.96. The SMILES string of the molecule is CS(=O)(=O)c1ccccc1OCC(O)C1OC(=O)N(c2ccc(F)cc2)[C@@H]1c1ccc(O)cc1. The van der Waals surface area contributed by atoms with Crippen LogP contribution >= 0.6 is 0 Å². The molecule has 8 nitrogen and oxygen atoms in total. The first-order chi connectivity index (χ1) is 16.1. The fourth-order valence-corrected chi connectivity index (χ4v) is 4.63. The van der Waals surface area contributed by atoms with Crippen molar-refractivity contribution in [3.8, 4) is 11.5 Å². The molecule has 1 fully saturated rings. The minimum Gasteiger partial charge on any atom is -0.508 e. The van der Waals surface area contributed by atoms with Crippen molar-refractivity contribution in [2.75, 3.05) is 17.8 Å². The Bertz CT molecular complexity index is 1280. The topological polar surface area (TPSA) is 113 Å². The molecule has 1 amide bonds. The molecule has 2 N–H and O–H groups in total. The van der Waals surface area contributed by atoms with Gasteiger partial charge in [0, 0.05) is 11.9 Å². The van der Waals surface area contributed by atoms with Gasteiger partial charge in [-0.05, 0) is 54.1 Å². The standard InChI is InChI=1S/C24H22FNO7S/c1-34(30,31)21-5-3-2-4-20(21)32-14-19(28)23-22(15-6-12-18(27)13-7-15)26(24(29)33-23)17-10-8-16(25)9-11-17/h2-13,19,22-23,27-28H,14H2,1H3/t19?,22-,23?/m1/s1. The maximum absolute atomic E-state index is 13.5. The maximum atomic E-state index is 13.5. The van der Waals surface area contributed by atoms with Gasteiger partial charge in [0.2, 0.25) is 0 Å². The highest BCUT2D eigenvalue weighted by atomic mass is 32.2. The second kappa shape index (κ2) is 9.32. The van der Waals surface area contributed by atoms with Crippen LogP contribution in [0, 0.1) is 5.82 Å². The third-order valence-electron chi connectivity index (χ3n) is 5.40. The Morgan fingerprint density at radius 1 is 1.06 bits per heavy atom. The van der Waals surface area contributed by atoms with E-state index < -0.39 is 40.0 Å². The second-order valence-corrected chi connectivity index (χ2v) is 9.81. The van der Waals surface area contributed by atoms with Gasteiger partial charge in [-0.1, -0.05) is 24.3 Å². The van der Waals surface area contributed by atoms with E-state index in [1.807, 2.05) is 0 Å². The number of sulfone groups is 1. The molecule has 178 valence electrons. The number of carbonyl (C=O) groups excluding carboxylic acids is 1. The molecular weight excluding hydrogens is 465 g/mol. The zero-order chi connectivity index (χ0) is 24.5. The number of anilines is 1. The Hall–Kier alpha value is -3.63. The number of halogens is 1. The van der Waals surface area contributed by atoms with Crippen LogP contribution in [-0.4, -0.2) is 49.8 Å². The van der Waals surface area contributed by atoms with Crippen LogP contribution in [0.2, 0.25) is 0 Å². The van der Waals surface area contributed by atoms with Gasteiger partial charge in [0.25, 0.3) is 0 Å². The highest BCUT2D eigenvalue weighted by Crippen LogP contribution is 2.39. The molecule has 0 radical (unpaired) electrons. The molecule has 3 aromatic carbocycles. The van der Waals surface area contributed by atoms with Crippen molar-refractivity contribution in [3.05, 3.63) is 84.2 Å². The summed E-state index contributed by atoms with van der Waals surface area (Å²) in [5.41, 5.74) is 0.899. The van der Waals surface area contributed by atoms with Crippen molar-refractivity contribution in [3.63, 3.8) is 0 Å². The van der Waals surface area contributed by atoms with Crippen LogP contribution in [0.3, 0.4) is 0 Å². The summed E-state index contributed by atoms with van der Waals surface area (Å²) in [4.78, 5) is 14.1. The lowest BCUT2D eigenvalue weighted by molar-refractivity contribution is -0.00699. The summed E-state index contributed by atoms with van der Waals surface area (Å²) in [5.74, 6) is -0.405. The van der Waals surface area contributed by atoms with E-state index in [0.717, 1.165) is 6.26 Å². The number of hydrogen-bond donors (Lipinski definition) is 2. The van der Waals surface area contributed by atoms with Crippen molar-refractivity contribution >= 4 is 21.6 Å². The van der Waals surface area contributed by atoms with Crippen molar-refractivity contribution in [2.24, 2.45) is 0 Å². The number of phenolic OH excluding ortho intramolecular Hbond substituents is 1. The highest BCUT2D eigenvalue weighted by Gasteiger charge is 2.47. The van der Waals surface area contributed by atoms with Crippen LogP contribution < -0.4 is 9.64 Å². The third kappa shape index (κ3) is 4.82. The van der Waals surface area contributed by atoms with E-state index in [2.05, 4.69) is 0 Å². The van der Waals surface area contributed by atoms with Crippen molar-refractivity contribution in [1.82, 2.24) is 0 Å². The fourth-order valence-electron chi connectivity index (χ4n) is 3.81. The number of aliphatic hydroxyl groups is 1. The van der Waals surface area contributed by atoms with Crippen LogP contribution in [0.25, 0.3) is 0 Å². The van der Waals surface area contributed by atoms with Crippen molar-refractivity contribution in [1.29, 1.82) is 0 Å². The van der Waals surface area contributed by atoms with E-state index in [1.54, 1.807) is 24.3 Å². The van der Waals surface area contributed by atoms with E-state index in [4.69, 9.17) is 9.47 Å². The highest BCUT2D eigenvalue weighted by molar-refractivity contribution is 7.90. The van der Waals surface area contributed by atoms with E-state index in [1.165, 1.54) is 53.4 Å². The number of cyclic esters (lactones) is 1.